The lowest BCUT2D eigenvalue weighted by molar-refractivity contribution is 0.468. The molecule has 0 atom stereocenters. The smallest absolute Gasteiger partial charge is 0.127 e. The number of hydrogen-bond donors (Lipinski definition) is 1. The molecule has 19 heavy (non-hydrogen) atoms. The molecule has 0 fully saturated rings. The Balaban J connectivity index is 2.23. The summed E-state index contributed by atoms with van der Waals surface area (Å²) in [6, 6.07) is 10.2. The van der Waals surface area contributed by atoms with Crippen molar-refractivity contribution < 1.29 is 13.9 Å². The van der Waals surface area contributed by atoms with Gasteiger partial charge in [0.2, 0.25) is 0 Å². The second-order valence-electron chi connectivity index (χ2n) is 4.31. The van der Waals surface area contributed by atoms with Gasteiger partial charge in [0.25, 0.3) is 0 Å². The van der Waals surface area contributed by atoms with Crippen LogP contribution in [0.3, 0.4) is 0 Å². The van der Waals surface area contributed by atoms with E-state index in [2.05, 4.69) is 0 Å². The molecular formula is C15H15F2NO. The Bertz CT molecular complexity index is 552. The topological polar surface area (TPSA) is 23.5 Å². The summed E-state index contributed by atoms with van der Waals surface area (Å²) in [4.78, 5) is 1.90. The molecule has 0 unspecified atom stereocenters. The van der Waals surface area contributed by atoms with Gasteiger partial charge in [0.1, 0.15) is 17.4 Å². The van der Waals surface area contributed by atoms with Crippen molar-refractivity contribution in [1.82, 2.24) is 0 Å². The van der Waals surface area contributed by atoms with Gasteiger partial charge < -0.3 is 10.0 Å². The predicted molar refractivity (Wildman–Crippen MR) is 71.2 cm³/mol. The summed E-state index contributed by atoms with van der Waals surface area (Å²) in [5.74, 6) is -0.895. The summed E-state index contributed by atoms with van der Waals surface area (Å²) >= 11 is 0. The molecule has 2 aromatic rings. The number of nitrogens with zero attached hydrogens (tertiary/aromatic N) is 1. The minimum Gasteiger partial charge on any atom is -0.508 e. The van der Waals surface area contributed by atoms with Crippen LogP contribution in [0.4, 0.5) is 14.5 Å². The zero-order chi connectivity index (χ0) is 13.8. The molecule has 1 N–H and O–H groups in total. The van der Waals surface area contributed by atoms with Gasteiger partial charge >= 0.3 is 0 Å². The molecule has 0 bridgehead atoms. The van der Waals surface area contributed by atoms with E-state index >= 15 is 0 Å². The van der Waals surface area contributed by atoms with Gasteiger partial charge in [-0.3, -0.25) is 0 Å². The fourth-order valence-corrected chi connectivity index (χ4v) is 2.00. The molecule has 0 amide bonds. The Labute approximate surface area is 110 Å². The number of anilines is 1. The van der Waals surface area contributed by atoms with Crippen LogP contribution in [0.2, 0.25) is 0 Å². The molecule has 0 saturated heterocycles. The van der Waals surface area contributed by atoms with Crippen LogP contribution in [0.15, 0.2) is 42.5 Å². The number of aromatic hydroxyl groups is 1. The van der Waals surface area contributed by atoms with E-state index in [1.54, 1.807) is 12.1 Å². The highest BCUT2D eigenvalue weighted by molar-refractivity contribution is 5.47. The second-order valence-corrected chi connectivity index (χ2v) is 4.31. The molecule has 0 aliphatic rings. The van der Waals surface area contributed by atoms with Gasteiger partial charge in [-0.25, -0.2) is 8.78 Å². The van der Waals surface area contributed by atoms with Crippen molar-refractivity contribution in [1.29, 1.82) is 0 Å². The predicted octanol–water partition coefficient (Wildman–Crippen LogP) is 3.70. The van der Waals surface area contributed by atoms with E-state index in [1.165, 1.54) is 24.3 Å². The van der Waals surface area contributed by atoms with Crippen molar-refractivity contribution >= 4 is 5.69 Å². The Hall–Kier alpha value is -2.10. The van der Waals surface area contributed by atoms with Gasteiger partial charge in [0.15, 0.2) is 0 Å². The highest BCUT2D eigenvalue weighted by Crippen LogP contribution is 2.21. The van der Waals surface area contributed by atoms with Gasteiger partial charge in [0, 0.05) is 24.8 Å². The van der Waals surface area contributed by atoms with Crippen molar-refractivity contribution in [3.8, 4) is 5.75 Å². The number of rotatable bonds is 4. The highest BCUT2D eigenvalue weighted by Gasteiger charge is 2.08. The third-order valence-electron chi connectivity index (χ3n) is 2.87. The lowest BCUT2D eigenvalue weighted by Crippen LogP contribution is -2.22. The van der Waals surface area contributed by atoms with Crippen molar-refractivity contribution in [2.75, 3.05) is 11.4 Å². The van der Waals surface area contributed by atoms with Gasteiger partial charge in [-0.1, -0.05) is 6.07 Å². The minimum atomic E-state index is -0.481. The molecule has 100 valence electrons. The fraction of sp³-hybridized carbons (Fsp3) is 0.200. The lowest BCUT2D eigenvalue weighted by atomic mass is 10.1. The normalized spacial score (nSPS) is 10.5. The lowest BCUT2D eigenvalue weighted by Gasteiger charge is -2.23. The first-order chi connectivity index (χ1) is 9.08. The van der Waals surface area contributed by atoms with E-state index in [1.807, 2.05) is 11.8 Å². The fourth-order valence-electron chi connectivity index (χ4n) is 2.00. The third kappa shape index (κ3) is 3.44. The van der Waals surface area contributed by atoms with Crippen LogP contribution in [0, 0.1) is 11.6 Å². The van der Waals surface area contributed by atoms with Gasteiger partial charge in [-0.2, -0.15) is 0 Å². The van der Waals surface area contributed by atoms with Gasteiger partial charge in [-0.15, -0.1) is 0 Å². The average molecular weight is 263 g/mol. The minimum absolute atomic E-state index is 0.106. The van der Waals surface area contributed by atoms with Crippen LogP contribution in [0.1, 0.15) is 12.5 Å². The van der Waals surface area contributed by atoms with Crippen LogP contribution in [-0.4, -0.2) is 11.7 Å². The molecule has 0 heterocycles. The molecule has 0 saturated carbocycles. The monoisotopic (exact) mass is 263 g/mol. The largest absolute Gasteiger partial charge is 0.508 e. The molecule has 0 aliphatic carbocycles. The standard InChI is InChI=1S/C15H15F2NO/c1-2-18(14-5-3-4-12(16)8-14)10-11-6-13(17)9-15(19)7-11/h3-9,19H,2,10H2,1H3. The second kappa shape index (κ2) is 5.69. The summed E-state index contributed by atoms with van der Waals surface area (Å²) in [5, 5.41) is 9.38. The van der Waals surface area contributed by atoms with Crippen molar-refractivity contribution in [3.05, 3.63) is 59.7 Å². The third-order valence-corrected chi connectivity index (χ3v) is 2.87. The number of hydrogen-bond acceptors (Lipinski definition) is 2. The Kier molecular flexibility index (Phi) is 4.00. The van der Waals surface area contributed by atoms with E-state index in [0.29, 0.717) is 18.7 Å². The summed E-state index contributed by atoms with van der Waals surface area (Å²) < 4.78 is 26.4. The summed E-state index contributed by atoms with van der Waals surface area (Å²) in [7, 11) is 0. The molecule has 2 nitrogen and oxygen atoms in total. The average Bonchev–Trinajstić information content (AvgIpc) is 2.34. The first-order valence-corrected chi connectivity index (χ1v) is 6.07. The van der Waals surface area contributed by atoms with Gasteiger partial charge in [-0.05, 0) is 42.8 Å². The molecular weight excluding hydrogens is 248 g/mol. The molecule has 0 spiro atoms. The summed E-state index contributed by atoms with van der Waals surface area (Å²) in [6.45, 7) is 3.00. The van der Waals surface area contributed by atoms with E-state index < -0.39 is 5.82 Å². The number of benzene rings is 2. The van der Waals surface area contributed by atoms with E-state index in [-0.39, 0.29) is 11.6 Å². The maximum Gasteiger partial charge on any atom is 0.127 e. The molecule has 0 aliphatic heterocycles. The molecule has 0 radical (unpaired) electrons. The number of phenolic OH excluding ortho intramolecular Hbond substituents is 1. The maximum atomic E-state index is 13.2. The zero-order valence-electron chi connectivity index (χ0n) is 10.6. The molecule has 0 aromatic heterocycles. The van der Waals surface area contributed by atoms with Crippen LogP contribution in [0.25, 0.3) is 0 Å². The Morgan fingerprint density at radius 3 is 2.47 bits per heavy atom. The van der Waals surface area contributed by atoms with Gasteiger partial charge in [0.05, 0.1) is 0 Å². The number of halogens is 2. The van der Waals surface area contributed by atoms with E-state index in [9.17, 15) is 13.9 Å². The van der Waals surface area contributed by atoms with Crippen LogP contribution in [0.5, 0.6) is 5.75 Å². The molecule has 4 heteroatoms. The van der Waals surface area contributed by atoms with Crippen LogP contribution < -0.4 is 4.90 Å². The van der Waals surface area contributed by atoms with Crippen molar-refractivity contribution in [2.24, 2.45) is 0 Å². The van der Waals surface area contributed by atoms with Crippen molar-refractivity contribution in [3.63, 3.8) is 0 Å². The first-order valence-electron chi connectivity index (χ1n) is 6.07. The van der Waals surface area contributed by atoms with Crippen LogP contribution >= 0.6 is 0 Å². The zero-order valence-corrected chi connectivity index (χ0v) is 10.6. The molecule has 2 aromatic carbocycles. The highest BCUT2D eigenvalue weighted by atomic mass is 19.1. The van der Waals surface area contributed by atoms with Crippen molar-refractivity contribution in [2.45, 2.75) is 13.5 Å². The SMILES string of the molecule is CCN(Cc1cc(O)cc(F)c1)c1cccc(F)c1. The Morgan fingerprint density at radius 2 is 1.84 bits per heavy atom. The van der Waals surface area contributed by atoms with E-state index in [4.69, 9.17) is 0 Å². The quantitative estimate of drug-likeness (QED) is 0.909. The maximum absolute atomic E-state index is 13.2. The number of phenols is 1. The molecule has 2 rings (SSSR count). The summed E-state index contributed by atoms with van der Waals surface area (Å²) in [6.07, 6.45) is 0. The summed E-state index contributed by atoms with van der Waals surface area (Å²) in [5.41, 5.74) is 1.37. The first kappa shape index (κ1) is 13.3. The van der Waals surface area contributed by atoms with Crippen LogP contribution in [-0.2, 0) is 6.54 Å². The van der Waals surface area contributed by atoms with E-state index in [0.717, 1.165) is 11.8 Å². The Morgan fingerprint density at radius 1 is 1.05 bits per heavy atom.